The lowest BCUT2D eigenvalue weighted by atomic mass is 10.2. The Morgan fingerprint density at radius 1 is 1.09 bits per heavy atom. The van der Waals surface area contributed by atoms with Gasteiger partial charge in [-0.05, 0) is 0 Å². The Hall–Kier alpha value is -1.73. The predicted molar refractivity (Wildman–Crippen MR) is 42.8 cm³/mol. The average molecular weight is 143 g/mol. The van der Waals surface area contributed by atoms with Crippen LogP contribution in [0.15, 0.2) is 45.5 Å². The lowest BCUT2D eigenvalue weighted by Crippen LogP contribution is -1.91. The second-order valence-corrected chi connectivity index (χ2v) is 2.10. The van der Waals surface area contributed by atoms with E-state index in [1.54, 1.807) is 0 Å². The summed E-state index contributed by atoms with van der Waals surface area (Å²) in [7, 11) is 0. The van der Waals surface area contributed by atoms with Gasteiger partial charge in [0.05, 0.1) is 0 Å². The second kappa shape index (κ2) is 2.48. The average Bonchev–Trinajstić information content (AvgIpc) is 2.58. The molecule has 0 saturated heterocycles. The fraction of sp³-hybridized carbons (Fsp3) is 0. The van der Waals surface area contributed by atoms with Crippen molar-refractivity contribution in [3.63, 3.8) is 0 Å². The first kappa shape index (κ1) is 6.01. The smallest absolute Gasteiger partial charge is 0.163 e. The molecular weight excluding hydrogens is 138 g/mol. The number of hydrogen-bond donors (Lipinski definition) is 0. The van der Waals surface area contributed by atoms with Gasteiger partial charge in [0.25, 0.3) is 0 Å². The Morgan fingerprint density at radius 3 is 2.55 bits per heavy atom. The first-order valence-electron chi connectivity index (χ1n) is 3.26. The molecule has 0 spiro atoms. The van der Waals surface area contributed by atoms with Crippen LogP contribution in [0.2, 0.25) is 0 Å². The highest BCUT2D eigenvalue weighted by Crippen LogP contribution is 2.03. The lowest BCUT2D eigenvalue weighted by molar-refractivity contribution is 1.27. The van der Waals surface area contributed by atoms with Crippen molar-refractivity contribution >= 4 is 11.8 Å². The summed E-state index contributed by atoms with van der Waals surface area (Å²) < 4.78 is 0. The minimum absolute atomic E-state index is 0.630. The van der Waals surface area contributed by atoms with Crippen LogP contribution in [0.25, 0.3) is 0 Å². The first-order valence-corrected chi connectivity index (χ1v) is 3.26. The van der Waals surface area contributed by atoms with Crippen LogP contribution < -0.4 is 0 Å². The lowest BCUT2D eigenvalue weighted by Gasteiger charge is -1.92. The van der Waals surface area contributed by atoms with Crippen molar-refractivity contribution in [3.05, 3.63) is 35.9 Å². The van der Waals surface area contributed by atoms with Crippen molar-refractivity contribution in [2.24, 2.45) is 15.2 Å². The van der Waals surface area contributed by atoms with E-state index >= 15 is 0 Å². The number of nitrogens with zero attached hydrogens (tertiary/aromatic N) is 3. The molecule has 1 aromatic rings. The molecule has 2 rings (SSSR count). The third kappa shape index (κ3) is 1.09. The summed E-state index contributed by atoms with van der Waals surface area (Å²) in [6.45, 7) is 0. The standard InChI is InChI=1S/C8H5N3/c1-2-4-7(5-3-1)8-9-6-10-11-8/h1-5H. The molecule has 0 atom stereocenters. The van der Waals surface area contributed by atoms with Gasteiger partial charge in [-0.25, -0.2) is 0 Å². The van der Waals surface area contributed by atoms with E-state index in [0.717, 1.165) is 5.56 Å². The molecule has 0 unspecified atom stereocenters. The van der Waals surface area contributed by atoms with Gasteiger partial charge in [-0.2, -0.15) is 4.99 Å². The van der Waals surface area contributed by atoms with Crippen LogP contribution in [0, 0.1) is 0 Å². The van der Waals surface area contributed by atoms with Crippen LogP contribution in [0.3, 0.4) is 0 Å². The second-order valence-electron chi connectivity index (χ2n) is 2.10. The molecule has 3 heteroatoms. The van der Waals surface area contributed by atoms with Crippen molar-refractivity contribution in [1.29, 1.82) is 0 Å². The Kier molecular flexibility index (Phi) is 1.36. The number of aliphatic imine (C=N–C) groups is 1. The van der Waals surface area contributed by atoms with E-state index < -0.39 is 0 Å². The molecule has 0 N–H and O–H groups in total. The van der Waals surface area contributed by atoms with Crippen LogP contribution in [0.4, 0.5) is 0 Å². The van der Waals surface area contributed by atoms with E-state index in [4.69, 9.17) is 0 Å². The maximum atomic E-state index is 3.84. The number of amidine groups is 1. The summed E-state index contributed by atoms with van der Waals surface area (Å²) in [4.78, 5) is 3.84. The summed E-state index contributed by atoms with van der Waals surface area (Å²) in [6, 6.07) is 12.1. The molecule has 1 aromatic carbocycles. The largest absolute Gasteiger partial charge is 0.193 e. The predicted octanol–water partition coefficient (Wildman–Crippen LogP) is 1.54. The zero-order valence-corrected chi connectivity index (χ0v) is 5.73. The van der Waals surface area contributed by atoms with Crippen molar-refractivity contribution in [2.45, 2.75) is 0 Å². The van der Waals surface area contributed by atoms with Crippen LogP contribution in [0.5, 0.6) is 0 Å². The maximum absolute atomic E-state index is 3.84. The summed E-state index contributed by atoms with van der Waals surface area (Å²) in [5.74, 6) is 0.630. The van der Waals surface area contributed by atoms with E-state index in [0.29, 0.717) is 5.84 Å². The van der Waals surface area contributed by atoms with Crippen molar-refractivity contribution in [2.75, 3.05) is 0 Å². The minimum Gasteiger partial charge on any atom is -0.163 e. The van der Waals surface area contributed by atoms with Gasteiger partial charge in [0.2, 0.25) is 0 Å². The molecule has 0 fully saturated rings. The van der Waals surface area contributed by atoms with E-state index in [2.05, 4.69) is 21.2 Å². The third-order valence-electron chi connectivity index (χ3n) is 1.38. The molecule has 0 aliphatic carbocycles. The maximum Gasteiger partial charge on any atom is 0.193 e. The van der Waals surface area contributed by atoms with Crippen molar-refractivity contribution in [1.82, 2.24) is 0 Å². The number of benzene rings is 1. The minimum atomic E-state index is 0.630. The third-order valence-corrected chi connectivity index (χ3v) is 1.38. The summed E-state index contributed by atoms with van der Waals surface area (Å²) in [5.41, 5.74) is 0.973. The number of hydrogen-bond acceptors (Lipinski definition) is 3. The van der Waals surface area contributed by atoms with Gasteiger partial charge in [-0.1, -0.05) is 35.4 Å². The molecule has 11 heavy (non-hydrogen) atoms. The van der Waals surface area contributed by atoms with Gasteiger partial charge >= 0.3 is 0 Å². The molecule has 0 saturated carbocycles. The van der Waals surface area contributed by atoms with Gasteiger partial charge in [0.15, 0.2) is 5.84 Å². The molecule has 52 valence electrons. The van der Waals surface area contributed by atoms with Gasteiger partial charge in [0.1, 0.15) is 6.01 Å². The van der Waals surface area contributed by atoms with Gasteiger partial charge < -0.3 is 0 Å². The molecule has 3 nitrogen and oxygen atoms in total. The molecule has 0 aromatic heterocycles. The fourth-order valence-electron chi connectivity index (χ4n) is 0.871. The Labute approximate surface area is 63.8 Å². The van der Waals surface area contributed by atoms with Crippen molar-refractivity contribution < 1.29 is 0 Å². The van der Waals surface area contributed by atoms with Crippen LogP contribution in [-0.4, -0.2) is 11.8 Å². The van der Waals surface area contributed by atoms with Crippen molar-refractivity contribution in [3.8, 4) is 0 Å². The molecule has 0 bridgehead atoms. The fourth-order valence-corrected chi connectivity index (χ4v) is 0.871. The van der Waals surface area contributed by atoms with Crippen LogP contribution in [0.1, 0.15) is 5.56 Å². The van der Waals surface area contributed by atoms with Gasteiger partial charge in [0, 0.05) is 5.56 Å². The van der Waals surface area contributed by atoms with Crippen LogP contribution in [-0.2, 0) is 0 Å². The Balaban J connectivity index is 2.39. The zero-order chi connectivity index (χ0) is 7.52. The number of rotatable bonds is 1. The molecule has 0 amide bonds. The zero-order valence-electron chi connectivity index (χ0n) is 5.73. The monoisotopic (exact) mass is 143 g/mol. The van der Waals surface area contributed by atoms with E-state index in [9.17, 15) is 0 Å². The molecule has 1 aliphatic rings. The Bertz CT molecular complexity index is 345. The summed E-state index contributed by atoms with van der Waals surface area (Å²) in [5, 5.41) is 7.28. The molecule has 1 heterocycles. The normalized spacial score (nSPS) is 13.6. The summed E-state index contributed by atoms with van der Waals surface area (Å²) >= 11 is 0. The highest BCUT2D eigenvalue weighted by atomic mass is 15.3. The van der Waals surface area contributed by atoms with E-state index in [1.807, 2.05) is 30.3 Å². The highest BCUT2D eigenvalue weighted by molar-refractivity contribution is 6.03. The first-order chi connectivity index (χ1) is 5.47. The molecule has 1 aliphatic heterocycles. The SMILES string of the molecule is C1=NN=C(c2ccccc2)N=1. The van der Waals surface area contributed by atoms with E-state index in [-0.39, 0.29) is 0 Å². The summed E-state index contributed by atoms with van der Waals surface area (Å²) in [6.07, 6.45) is 0. The Morgan fingerprint density at radius 2 is 1.91 bits per heavy atom. The molecule has 0 radical (unpaired) electrons. The van der Waals surface area contributed by atoms with Gasteiger partial charge in [-0.3, -0.25) is 0 Å². The van der Waals surface area contributed by atoms with E-state index in [1.165, 1.54) is 0 Å². The van der Waals surface area contributed by atoms with Gasteiger partial charge in [-0.15, -0.1) is 5.10 Å². The highest BCUT2D eigenvalue weighted by Gasteiger charge is 2.01. The topological polar surface area (TPSA) is 37.1 Å². The van der Waals surface area contributed by atoms with Crippen LogP contribution >= 0.6 is 0 Å². The molecular formula is C8H5N3. The quantitative estimate of drug-likeness (QED) is 0.571.